The SMILES string of the molecule is CCCCCCOCc1ccccc1CNCCC. The zero-order valence-corrected chi connectivity index (χ0v) is 12.6. The van der Waals surface area contributed by atoms with Gasteiger partial charge in [0.1, 0.15) is 0 Å². The van der Waals surface area contributed by atoms with Crippen LogP contribution in [0.25, 0.3) is 0 Å². The van der Waals surface area contributed by atoms with Crippen molar-refractivity contribution in [2.45, 2.75) is 59.1 Å². The fourth-order valence-corrected chi connectivity index (χ4v) is 2.08. The maximum absolute atomic E-state index is 5.79. The van der Waals surface area contributed by atoms with Gasteiger partial charge in [0.2, 0.25) is 0 Å². The van der Waals surface area contributed by atoms with E-state index >= 15 is 0 Å². The van der Waals surface area contributed by atoms with Crippen LogP contribution in [0.1, 0.15) is 57.1 Å². The molecule has 1 aromatic carbocycles. The zero-order chi connectivity index (χ0) is 13.8. The minimum atomic E-state index is 0.746. The second kappa shape index (κ2) is 11.0. The van der Waals surface area contributed by atoms with E-state index in [9.17, 15) is 0 Å². The second-order valence-corrected chi connectivity index (χ2v) is 5.06. The van der Waals surface area contributed by atoms with Gasteiger partial charge in [-0.05, 0) is 30.5 Å². The van der Waals surface area contributed by atoms with Gasteiger partial charge in [-0.2, -0.15) is 0 Å². The molecule has 0 aliphatic rings. The van der Waals surface area contributed by atoms with Crippen molar-refractivity contribution in [3.63, 3.8) is 0 Å². The zero-order valence-electron chi connectivity index (χ0n) is 12.6. The molecule has 0 heterocycles. The fraction of sp³-hybridized carbons (Fsp3) is 0.647. The standard InChI is InChI=1S/C17H29NO/c1-3-5-6-9-13-19-15-17-11-8-7-10-16(17)14-18-12-4-2/h7-8,10-11,18H,3-6,9,12-15H2,1-2H3. The molecular formula is C17H29NO. The van der Waals surface area contributed by atoms with E-state index in [4.69, 9.17) is 4.74 Å². The summed E-state index contributed by atoms with van der Waals surface area (Å²) in [5.41, 5.74) is 2.69. The lowest BCUT2D eigenvalue weighted by Crippen LogP contribution is -2.15. The molecule has 0 amide bonds. The Labute approximate surface area is 118 Å². The lowest BCUT2D eigenvalue weighted by molar-refractivity contribution is 0.116. The largest absolute Gasteiger partial charge is 0.377 e. The topological polar surface area (TPSA) is 21.3 Å². The van der Waals surface area contributed by atoms with Gasteiger partial charge in [-0.25, -0.2) is 0 Å². The molecule has 1 N–H and O–H groups in total. The van der Waals surface area contributed by atoms with E-state index in [1.54, 1.807) is 0 Å². The molecule has 0 aliphatic carbocycles. The number of hydrogen-bond acceptors (Lipinski definition) is 2. The molecule has 2 heteroatoms. The smallest absolute Gasteiger partial charge is 0.0720 e. The van der Waals surface area contributed by atoms with Crippen LogP contribution in [0.2, 0.25) is 0 Å². The molecule has 2 nitrogen and oxygen atoms in total. The molecule has 19 heavy (non-hydrogen) atoms. The molecule has 1 aromatic rings. The molecule has 0 fully saturated rings. The first-order valence-electron chi connectivity index (χ1n) is 7.73. The van der Waals surface area contributed by atoms with Crippen LogP contribution in [0.5, 0.6) is 0 Å². The van der Waals surface area contributed by atoms with Crippen molar-refractivity contribution in [1.29, 1.82) is 0 Å². The highest BCUT2D eigenvalue weighted by Crippen LogP contribution is 2.10. The maximum atomic E-state index is 5.79. The second-order valence-electron chi connectivity index (χ2n) is 5.06. The van der Waals surface area contributed by atoms with Crippen LogP contribution in [0.15, 0.2) is 24.3 Å². The summed E-state index contributed by atoms with van der Waals surface area (Å²) >= 11 is 0. The number of ether oxygens (including phenoxy) is 1. The molecule has 0 spiro atoms. The molecule has 1 rings (SSSR count). The number of benzene rings is 1. The number of rotatable bonds is 11. The highest BCUT2D eigenvalue weighted by molar-refractivity contribution is 5.26. The average Bonchev–Trinajstić information content (AvgIpc) is 2.44. The van der Waals surface area contributed by atoms with E-state index in [0.29, 0.717) is 0 Å². The average molecular weight is 263 g/mol. The Morgan fingerprint density at radius 3 is 2.47 bits per heavy atom. The van der Waals surface area contributed by atoms with Crippen LogP contribution >= 0.6 is 0 Å². The fourth-order valence-electron chi connectivity index (χ4n) is 2.08. The number of nitrogens with one attached hydrogen (secondary N) is 1. The molecule has 0 saturated heterocycles. The van der Waals surface area contributed by atoms with Gasteiger partial charge in [-0.1, -0.05) is 57.4 Å². The van der Waals surface area contributed by atoms with Gasteiger partial charge in [-0.15, -0.1) is 0 Å². The van der Waals surface area contributed by atoms with Gasteiger partial charge in [-0.3, -0.25) is 0 Å². The van der Waals surface area contributed by atoms with Crippen molar-refractivity contribution in [3.8, 4) is 0 Å². The predicted octanol–water partition coefficient (Wildman–Crippen LogP) is 4.28. The summed E-state index contributed by atoms with van der Waals surface area (Å²) in [5.74, 6) is 0. The molecule has 0 aromatic heterocycles. The van der Waals surface area contributed by atoms with E-state index in [-0.39, 0.29) is 0 Å². The van der Waals surface area contributed by atoms with Gasteiger partial charge in [0, 0.05) is 13.2 Å². The Balaban J connectivity index is 2.27. The summed E-state index contributed by atoms with van der Waals surface area (Å²) in [6.45, 7) is 8.08. The first kappa shape index (κ1) is 16.2. The first-order valence-corrected chi connectivity index (χ1v) is 7.73. The first-order chi connectivity index (χ1) is 9.38. The Morgan fingerprint density at radius 2 is 1.74 bits per heavy atom. The Kier molecular flexibility index (Phi) is 9.38. The third-order valence-corrected chi connectivity index (χ3v) is 3.26. The van der Waals surface area contributed by atoms with Crippen molar-refractivity contribution in [2.75, 3.05) is 13.2 Å². The minimum absolute atomic E-state index is 0.746. The number of hydrogen-bond donors (Lipinski definition) is 1. The van der Waals surface area contributed by atoms with E-state index in [0.717, 1.165) is 26.3 Å². The summed E-state index contributed by atoms with van der Waals surface area (Å²) in [6, 6.07) is 8.57. The summed E-state index contributed by atoms with van der Waals surface area (Å²) < 4.78 is 5.79. The lowest BCUT2D eigenvalue weighted by Gasteiger charge is -2.11. The van der Waals surface area contributed by atoms with E-state index in [2.05, 4.69) is 43.4 Å². The molecule has 0 saturated carbocycles. The van der Waals surface area contributed by atoms with Crippen molar-refractivity contribution >= 4 is 0 Å². The van der Waals surface area contributed by atoms with E-state index < -0.39 is 0 Å². The molecular weight excluding hydrogens is 234 g/mol. The molecule has 0 atom stereocenters. The van der Waals surface area contributed by atoms with Crippen molar-refractivity contribution in [3.05, 3.63) is 35.4 Å². The van der Waals surface area contributed by atoms with Crippen LogP contribution in [0, 0.1) is 0 Å². The van der Waals surface area contributed by atoms with Gasteiger partial charge in [0.05, 0.1) is 6.61 Å². The van der Waals surface area contributed by atoms with Crippen LogP contribution in [0.3, 0.4) is 0 Å². The molecule has 0 bridgehead atoms. The van der Waals surface area contributed by atoms with Crippen molar-refractivity contribution in [2.24, 2.45) is 0 Å². The van der Waals surface area contributed by atoms with Gasteiger partial charge in [0.25, 0.3) is 0 Å². The third kappa shape index (κ3) is 7.34. The molecule has 108 valence electrons. The van der Waals surface area contributed by atoms with Crippen LogP contribution in [0.4, 0.5) is 0 Å². The number of unbranched alkanes of at least 4 members (excludes halogenated alkanes) is 3. The quantitative estimate of drug-likeness (QED) is 0.602. The monoisotopic (exact) mass is 263 g/mol. The van der Waals surface area contributed by atoms with Crippen LogP contribution < -0.4 is 5.32 Å². The van der Waals surface area contributed by atoms with Gasteiger partial charge >= 0.3 is 0 Å². The van der Waals surface area contributed by atoms with Crippen LogP contribution in [-0.4, -0.2) is 13.2 Å². The summed E-state index contributed by atoms with van der Waals surface area (Å²) in [7, 11) is 0. The maximum Gasteiger partial charge on any atom is 0.0720 e. The Morgan fingerprint density at radius 1 is 0.947 bits per heavy atom. The summed E-state index contributed by atoms with van der Waals surface area (Å²) in [4.78, 5) is 0. The highest BCUT2D eigenvalue weighted by atomic mass is 16.5. The molecule has 0 aliphatic heterocycles. The normalized spacial score (nSPS) is 10.8. The highest BCUT2D eigenvalue weighted by Gasteiger charge is 2.01. The third-order valence-electron chi connectivity index (χ3n) is 3.26. The van der Waals surface area contributed by atoms with Crippen LogP contribution in [-0.2, 0) is 17.9 Å². The van der Waals surface area contributed by atoms with E-state index in [1.807, 2.05) is 0 Å². The van der Waals surface area contributed by atoms with Gasteiger partial charge < -0.3 is 10.1 Å². The minimum Gasteiger partial charge on any atom is -0.377 e. The summed E-state index contributed by atoms with van der Waals surface area (Å²) in [5, 5.41) is 3.45. The Hall–Kier alpha value is -0.860. The predicted molar refractivity (Wildman–Crippen MR) is 82.2 cm³/mol. The molecule has 0 radical (unpaired) electrons. The van der Waals surface area contributed by atoms with Crippen molar-refractivity contribution < 1.29 is 4.74 Å². The molecule has 0 unspecified atom stereocenters. The lowest BCUT2D eigenvalue weighted by atomic mass is 10.1. The van der Waals surface area contributed by atoms with E-state index in [1.165, 1.54) is 43.2 Å². The van der Waals surface area contributed by atoms with Crippen molar-refractivity contribution in [1.82, 2.24) is 5.32 Å². The summed E-state index contributed by atoms with van der Waals surface area (Å²) in [6.07, 6.45) is 6.25. The Bertz CT molecular complexity index is 325. The van der Waals surface area contributed by atoms with Gasteiger partial charge in [0.15, 0.2) is 0 Å².